The summed E-state index contributed by atoms with van der Waals surface area (Å²) in [5, 5.41) is 10.9. The molecule has 1 N–H and O–H groups in total. The van der Waals surface area contributed by atoms with E-state index in [9.17, 15) is 5.11 Å². The Morgan fingerprint density at radius 3 is 2.35 bits per heavy atom. The van der Waals surface area contributed by atoms with E-state index in [-0.39, 0.29) is 5.41 Å². The highest BCUT2D eigenvalue weighted by atomic mass is 16.3. The third kappa shape index (κ3) is 2.06. The third-order valence-electron chi connectivity index (χ3n) is 4.82. The molecule has 3 rings (SSSR count). The standard InChI is InChI=1S/C19H22O/c1-13-4-7-16(8-5-13)19(3)11-10-15-12-14(2)6-9-17(15)18(19)20/h4-9,12,18,20H,10-11H2,1-3H3. The van der Waals surface area contributed by atoms with Crippen LogP contribution in [0.2, 0.25) is 0 Å². The van der Waals surface area contributed by atoms with Gasteiger partial charge in [-0.25, -0.2) is 0 Å². The van der Waals surface area contributed by atoms with Gasteiger partial charge in [0.1, 0.15) is 0 Å². The highest BCUT2D eigenvalue weighted by Gasteiger charge is 2.39. The molecule has 1 nitrogen and oxygen atoms in total. The van der Waals surface area contributed by atoms with Gasteiger partial charge in [-0.05, 0) is 43.4 Å². The SMILES string of the molecule is Cc1ccc(C2(C)CCc3cc(C)ccc3C2O)cc1. The second-order valence-electron chi connectivity index (χ2n) is 6.39. The second kappa shape index (κ2) is 4.75. The number of benzene rings is 2. The van der Waals surface area contributed by atoms with Gasteiger partial charge in [0, 0.05) is 5.41 Å². The van der Waals surface area contributed by atoms with Crippen molar-refractivity contribution in [1.82, 2.24) is 0 Å². The predicted molar refractivity (Wildman–Crippen MR) is 83.0 cm³/mol. The van der Waals surface area contributed by atoms with Crippen molar-refractivity contribution in [3.63, 3.8) is 0 Å². The number of rotatable bonds is 1. The minimum absolute atomic E-state index is 0.185. The van der Waals surface area contributed by atoms with Gasteiger partial charge in [0.15, 0.2) is 0 Å². The zero-order valence-corrected chi connectivity index (χ0v) is 12.5. The first-order chi connectivity index (χ1) is 9.50. The van der Waals surface area contributed by atoms with E-state index in [4.69, 9.17) is 0 Å². The van der Waals surface area contributed by atoms with Crippen LogP contribution >= 0.6 is 0 Å². The summed E-state index contributed by atoms with van der Waals surface area (Å²) in [7, 11) is 0. The number of aryl methyl sites for hydroxylation is 3. The van der Waals surface area contributed by atoms with E-state index in [0.717, 1.165) is 18.4 Å². The van der Waals surface area contributed by atoms with Crippen molar-refractivity contribution in [2.75, 3.05) is 0 Å². The van der Waals surface area contributed by atoms with Gasteiger partial charge >= 0.3 is 0 Å². The molecule has 0 heterocycles. The van der Waals surface area contributed by atoms with Crippen LogP contribution in [0.3, 0.4) is 0 Å². The van der Waals surface area contributed by atoms with Crippen LogP contribution in [0.15, 0.2) is 42.5 Å². The summed E-state index contributed by atoms with van der Waals surface area (Å²) in [6.45, 7) is 6.40. The molecule has 0 fully saturated rings. The van der Waals surface area contributed by atoms with Gasteiger partial charge in [0.05, 0.1) is 6.10 Å². The quantitative estimate of drug-likeness (QED) is 0.818. The van der Waals surface area contributed by atoms with Crippen molar-refractivity contribution in [3.8, 4) is 0 Å². The van der Waals surface area contributed by atoms with Crippen LogP contribution in [-0.4, -0.2) is 5.11 Å². The van der Waals surface area contributed by atoms with Crippen molar-refractivity contribution >= 4 is 0 Å². The van der Waals surface area contributed by atoms with Crippen LogP contribution in [0.4, 0.5) is 0 Å². The summed E-state index contributed by atoms with van der Waals surface area (Å²) in [6.07, 6.45) is 1.61. The molecular weight excluding hydrogens is 244 g/mol. The maximum Gasteiger partial charge on any atom is 0.0886 e. The van der Waals surface area contributed by atoms with Crippen molar-refractivity contribution in [1.29, 1.82) is 0 Å². The van der Waals surface area contributed by atoms with E-state index >= 15 is 0 Å². The van der Waals surface area contributed by atoms with Crippen molar-refractivity contribution in [2.45, 2.75) is 45.1 Å². The predicted octanol–water partition coefficient (Wildman–Crippen LogP) is 4.24. The molecule has 20 heavy (non-hydrogen) atoms. The summed E-state index contributed by atoms with van der Waals surface area (Å²) < 4.78 is 0. The molecule has 104 valence electrons. The smallest absolute Gasteiger partial charge is 0.0886 e. The zero-order valence-electron chi connectivity index (χ0n) is 12.5. The monoisotopic (exact) mass is 266 g/mol. The van der Waals surface area contributed by atoms with Crippen molar-refractivity contribution in [3.05, 3.63) is 70.3 Å². The van der Waals surface area contributed by atoms with Crippen LogP contribution in [0.5, 0.6) is 0 Å². The third-order valence-corrected chi connectivity index (χ3v) is 4.82. The van der Waals surface area contributed by atoms with Crippen molar-refractivity contribution in [2.24, 2.45) is 0 Å². The first kappa shape index (κ1) is 13.4. The average molecular weight is 266 g/mol. The minimum Gasteiger partial charge on any atom is -0.387 e. The van der Waals surface area contributed by atoms with Crippen LogP contribution < -0.4 is 0 Å². The first-order valence-electron chi connectivity index (χ1n) is 7.35. The Labute approximate surface area is 121 Å². The molecule has 0 saturated heterocycles. The molecule has 0 amide bonds. The van der Waals surface area contributed by atoms with E-state index in [1.807, 2.05) is 0 Å². The summed E-state index contributed by atoms with van der Waals surface area (Å²) >= 11 is 0. The Morgan fingerprint density at radius 1 is 1.00 bits per heavy atom. The molecule has 2 unspecified atom stereocenters. The number of aliphatic hydroxyl groups excluding tert-OH is 1. The molecule has 2 aromatic carbocycles. The minimum atomic E-state index is -0.422. The first-order valence-corrected chi connectivity index (χ1v) is 7.35. The fourth-order valence-electron chi connectivity index (χ4n) is 3.33. The fourth-order valence-corrected chi connectivity index (χ4v) is 3.33. The summed E-state index contributed by atoms with van der Waals surface area (Å²) in [5.74, 6) is 0. The molecule has 0 aliphatic heterocycles. The van der Waals surface area contributed by atoms with E-state index in [1.54, 1.807) is 0 Å². The highest BCUT2D eigenvalue weighted by Crippen LogP contribution is 2.46. The lowest BCUT2D eigenvalue weighted by Crippen LogP contribution is -2.35. The molecule has 0 radical (unpaired) electrons. The van der Waals surface area contributed by atoms with E-state index in [0.29, 0.717) is 0 Å². The Balaban J connectivity index is 2.04. The van der Waals surface area contributed by atoms with E-state index in [1.165, 1.54) is 22.3 Å². The molecule has 2 aromatic rings. The Hall–Kier alpha value is -1.60. The van der Waals surface area contributed by atoms with Gasteiger partial charge in [-0.15, -0.1) is 0 Å². The van der Waals surface area contributed by atoms with Gasteiger partial charge in [0.25, 0.3) is 0 Å². The van der Waals surface area contributed by atoms with Gasteiger partial charge in [-0.2, -0.15) is 0 Å². The summed E-state index contributed by atoms with van der Waals surface area (Å²) in [4.78, 5) is 0. The molecule has 1 aliphatic carbocycles. The lowest BCUT2D eigenvalue weighted by molar-refractivity contribution is 0.0747. The van der Waals surface area contributed by atoms with Crippen LogP contribution in [0.25, 0.3) is 0 Å². The van der Waals surface area contributed by atoms with Gasteiger partial charge < -0.3 is 5.11 Å². The van der Waals surface area contributed by atoms with Gasteiger partial charge in [0.2, 0.25) is 0 Å². The molecule has 1 heteroatoms. The topological polar surface area (TPSA) is 20.2 Å². The second-order valence-corrected chi connectivity index (χ2v) is 6.39. The molecule has 2 atom stereocenters. The number of fused-ring (bicyclic) bond motifs is 1. The van der Waals surface area contributed by atoms with Crippen LogP contribution in [0.1, 0.15) is 47.3 Å². The van der Waals surface area contributed by atoms with Crippen molar-refractivity contribution < 1.29 is 5.11 Å². The molecule has 0 saturated carbocycles. The lowest BCUT2D eigenvalue weighted by Gasteiger charge is -2.40. The Bertz CT molecular complexity index is 627. The average Bonchev–Trinajstić information content (AvgIpc) is 2.44. The summed E-state index contributed by atoms with van der Waals surface area (Å²) in [5.41, 5.74) is 6.00. The maximum atomic E-state index is 10.9. The molecular formula is C19H22O. The molecule has 0 aromatic heterocycles. The highest BCUT2D eigenvalue weighted by molar-refractivity contribution is 5.41. The Kier molecular flexibility index (Phi) is 3.18. The number of aliphatic hydroxyl groups is 1. The lowest BCUT2D eigenvalue weighted by atomic mass is 9.66. The zero-order chi connectivity index (χ0) is 14.3. The van der Waals surface area contributed by atoms with Crippen LogP contribution in [-0.2, 0) is 11.8 Å². The van der Waals surface area contributed by atoms with E-state index < -0.39 is 6.10 Å². The molecule has 0 spiro atoms. The molecule has 0 bridgehead atoms. The number of hydrogen-bond acceptors (Lipinski definition) is 1. The normalized spacial score (nSPS) is 25.3. The molecule has 1 aliphatic rings. The fraction of sp³-hybridized carbons (Fsp3) is 0.368. The number of hydrogen-bond donors (Lipinski definition) is 1. The van der Waals surface area contributed by atoms with Gasteiger partial charge in [-0.3, -0.25) is 0 Å². The maximum absolute atomic E-state index is 10.9. The summed E-state index contributed by atoms with van der Waals surface area (Å²) in [6, 6.07) is 15.0. The Morgan fingerprint density at radius 2 is 1.65 bits per heavy atom. The largest absolute Gasteiger partial charge is 0.387 e. The van der Waals surface area contributed by atoms with E-state index in [2.05, 4.69) is 63.2 Å². The van der Waals surface area contributed by atoms with Gasteiger partial charge in [-0.1, -0.05) is 60.5 Å². The van der Waals surface area contributed by atoms with Crippen LogP contribution in [0, 0.1) is 13.8 Å².